The molecule has 0 amide bonds. The molecule has 272 valence electrons. The standard InChI is InChI=1S/C34H68O2.C8H18O/c1-3-5-7-9-11-13-15-17-19-20-22-24-26-28-30-32-34(35)36-33-31-29-27-25-23-21-18-16-14-12-10-8-6-4-2;1-3-5-6-8(4-2)7-9/h3-33H2,1-2H3;8-9H,3-7H2,1-2H3. The Balaban J connectivity index is 0. The molecule has 0 aromatic rings. The van der Waals surface area contributed by atoms with Crippen LogP contribution in [-0.2, 0) is 9.53 Å². The molecule has 0 heterocycles. The van der Waals surface area contributed by atoms with Gasteiger partial charge in [-0.15, -0.1) is 0 Å². The Bertz CT molecular complexity index is 480. The molecule has 0 aromatic carbocycles. The number of esters is 1. The maximum atomic E-state index is 11.9. The lowest BCUT2D eigenvalue weighted by atomic mass is 10.0. The molecule has 1 unspecified atom stereocenters. The van der Waals surface area contributed by atoms with Crippen molar-refractivity contribution in [3.05, 3.63) is 0 Å². The SMILES string of the molecule is CCCCC(CC)CO.CCCCCCCCCCCCCCCCCC(=O)OCCCCCCCCCCCCCCCC. The van der Waals surface area contributed by atoms with Gasteiger partial charge in [-0.3, -0.25) is 4.79 Å². The van der Waals surface area contributed by atoms with Gasteiger partial charge in [0.25, 0.3) is 0 Å². The van der Waals surface area contributed by atoms with Gasteiger partial charge >= 0.3 is 5.97 Å². The molecule has 0 aliphatic heterocycles. The van der Waals surface area contributed by atoms with Crippen molar-refractivity contribution in [1.29, 1.82) is 0 Å². The number of ether oxygens (including phenoxy) is 1. The number of rotatable bonds is 36. The number of aliphatic hydroxyl groups is 1. The Labute approximate surface area is 285 Å². The van der Waals surface area contributed by atoms with E-state index < -0.39 is 0 Å². The maximum absolute atomic E-state index is 11.9. The number of carbonyl (C=O) groups excluding carboxylic acids is 1. The molecule has 0 aliphatic carbocycles. The molecular weight excluding hydrogens is 552 g/mol. The molecule has 3 nitrogen and oxygen atoms in total. The minimum atomic E-state index is 0.0272. The molecule has 0 aliphatic rings. The van der Waals surface area contributed by atoms with Gasteiger partial charge in [-0.05, 0) is 25.2 Å². The first-order valence-corrected chi connectivity index (χ1v) is 20.9. The van der Waals surface area contributed by atoms with Gasteiger partial charge in [0.1, 0.15) is 0 Å². The minimum Gasteiger partial charge on any atom is -0.466 e. The van der Waals surface area contributed by atoms with E-state index in [-0.39, 0.29) is 5.97 Å². The van der Waals surface area contributed by atoms with Crippen LogP contribution >= 0.6 is 0 Å². The van der Waals surface area contributed by atoms with Crippen LogP contribution in [0.5, 0.6) is 0 Å². The van der Waals surface area contributed by atoms with E-state index >= 15 is 0 Å². The fraction of sp³-hybridized carbons (Fsp3) is 0.976. The van der Waals surface area contributed by atoms with Crippen LogP contribution in [0.4, 0.5) is 0 Å². The second-order valence-corrected chi connectivity index (χ2v) is 14.1. The van der Waals surface area contributed by atoms with Crippen LogP contribution in [0.3, 0.4) is 0 Å². The average Bonchev–Trinajstić information content (AvgIpc) is 3.05. The van der Waals surface area contributed by atoms with E-state index in [4.69, 9.17) is 9.84 Å². The second-order valence-electron chi connectivity index (χ2n) is 14.1. The summed E-state index contributed by atoms with van der Waals surface area (Å²) in [4.78, 5) is 11.9. The molecule has 0 aromatic heterocycles. The maximum Gasteiger partial charge on any atom is 0.305 e. The van der Waals surface area contributed by atoms with E-state index in [0.717, 1.165) is 19.3 Å². The van der Waals surface area contributed by atoms with E-state index in [9.17, 15) is 4.79 Å². The Hall–Kier alpha value is -0.570. The zero-order chi connectivity index (χ0) is 33.3. The third-order valence-corrected chi connectivity index (χ3v) is 9.55. The number of hydrogen-bond donors (Lipinski definition) is 1. The van der Waals surface area contributed by atoms with E-state index in [1.165, 1.54) is 193 Å². The van der Waals surface area contributed by atoms with Gasteiger partial charge in [-0.2, -0.15) is 0 Å². The van der Waals surface area contributed by atoms with E-state index in [1.54, 1.807) is 0 Å². The quantitative estimate of drug-likeness (QED) is 0.0548. The summed E-state index contributed by atoms with van der Waals surface area (Å²) in [7, 11) is 0. The van der Waals surface area contributed by atoms with Crippen LogP contribution in [0, 0.1) is 5.92 Å². The third kappa shape index (κ3) is 43.4. The molecule has 45 heavy (non-hydrogen) atoms. The summed E-state index contributed by atoms with van der Waals surface area (Å²) >= 11 is 0. The van der Waals surface area contributed by atoms with Crippen LogP contribution in [-0.4, -0.2) is 24.3 Å². The molecule has 1 N–H and O–H groups in total. The van der Waals surface area contributed by atoms with Crippen molar-refractivity contribution < 1.29 is 14.6 Å². The summed E-state index contributed by atoms with van der Waals surface area (Å²) in [6.07, 6.45) is 44.9. The van der Waals surface area contributed by atoms with Crippen LogP contribution in [0.15, 0.2) is 0 Å². The summed E-state index contributed by atoms with van der Waals surface area (Å²) in [5.74, 6) is 0.587. The van der Waals surface area contributed by atoms with Crippen molar-refractivity contribution in [3.8, 4) is 0 Å². The summed E-state index contributed by atoms with van der Waals surface area (Å²) < 4.78 is 5.43. The minimum absolute atomic E-state index is 0.0272. The lowest BCUT2D eigenvalue weighted by molar-refractivity contribution is -0.143. The van der Waals surface area contributed by atoms with Crippen LogP contribution < -0.4 is 0 Å². The highest BCUT2D eigenvalue weighted by molar-refractivity contribution is 5.69. The highest BCUT2D eigenvalue weighted by atomic mass is 16.5. The van der Waals surface area contributed by atoms with Crippen LogP contribution in [0.25, 0.3) is 0 Å². The Morgan fingerprint density at radius 3 is 1.07 bits per heavy atom. The molecule has 0 saturated heterocycles. The average molecular weight is 639 g/mol. The zero-order valence-corrected chi connectivity index (χ0v) is 31.8. The molecular formula is C42H86O3. The summed E-state index contributed by atoms with van der Waals surface area (Å²) in [6.45, 7) is 9.90. The Morgan fingerprint density at radius 2 is 0.756 bits per heavy atom. The monoisotopic (exact) mass is 639 g/mol. The molecule has 0 bridgehead atoms. The molecule has 0 rings (SSSR count). The van der Waals surface area contributed by atoms with Crippen LogP contribution in [0.1, 0.15) is 246 Å². The lowest BCUT2D eigenvalue weighted by Gasteiger charge is -2.08. The molecule has 0 spiro atoms. The van der Waals surface area contributed by atoms with Gasteiger partial charge in [0.15, 0.2) is 0 Å². The fourth-order valence-corrected chi connectivity index (χ4v) is 6.11. The Kier molecular flexibility index (Phi) is 44.9. The predicted molar refractivity (Wildman–Crippen MR) is 201 cm³/mol. The summed E-state index contributed by atoms with van der Waals surface area (Å²) in [6, 6.07) is 0. The second kappa shape index (κ2) is 43.4. The number of carbonyl (C=O) groups is 1. The Morgan fingerprint density at radius 1 is 0.444 bits per heavy atom. The van der Waals surface area contributed by atoms with Crippen molar-refractivity contribution in [2.24, 2.45) is 5.92 Å². The van der Waals surface area contributed by atoms with E-state index in [2.05, 4.69) is 27.7 Å². The molecule has 3 heteroatoms. The van der Waals surface area contributed by atoms with Gasteiger partial charge in [-0.1, -0.05) is 220 Å². The fourth-order valence-electron chi connectivity index (χ4n) is 6.11. The van der Waals surface area contributed by atoms with Crippen molar-refractivity contribution in [1.82, 2.24) is 0 Å². The van der Waals surface area contributed by atoms with Crippen LogP contribution in [0.2, 0.25) is 0 Å². The third-order valence-electron chi connectivity index (χ3n) is 9.55. The highest BCUT2D eigenvalue weighted by Gasteiger charge is 2.03. The molecule has 1 atom stereocenters. The van der Waals surface area contributed by atoms with E-state index in [1.807, 2.05) is 0 Å². The van der Waals surface area contributed by atoms with Gasteiger partial charge in [0.05, 0.1) is 6.61 Å². The molecule has 0 saturated carbocycles. The number of hydrogen-bond acceptors (Lipinski definition) is 3. The smallest absolute Gasteiger partial charge is 0.305 e. The van der Waals surface area contributed by atoms with Gasteiger partial charge in [0.2, 0.25) is 0 Å². The predicted octanol–water partition coefficient (Wildman–Crippen LogP) is 14.5. The van der Waals surface area contributed by atoms with Gasteiger partial charge < -0.3 is 9.84 Å². The first-order chi connectivity index (χ1) is 22.2. The normalized spacial score (nSPS) is 11.8. The lowest BCUT2D eigenvalue weighted by Crippen LogP contribution is -2.05. The highest BCUT2D eigenvalue weighted by Crippen LogP contribution is 2.15. The summed E-state index contributed by atoms with van der Waals surface area (Å²) in [5.41, 5.74) is 0. The number of aliphatic hydroxyl groups excluding tert-OH is 1. The van der Waals surface area contributed by atoms with Crippen molar-refractivity contribution >= 4 is 5.97 Å². The topological polar surface area (TPSA) is 46.5 Å². The number of unbranched alkanes of at least 4 members (excludes halogenated alkanes) is 28. The van der Waals surface area contributed by atoms with Crippen molar-refractivity contribution in [2.45, 2.75) is 246 Å². The largest absolute Gasteiger partial charge is 0.466 e. The molecule has 0 radical (unpaired) electrons. The van der Waals surface area contributed by atoms with Crippen molar-refractivity contribution in [2.75, 3.05) is 13.2 Å². The van der Waals surface area contributed by atoms with Crippen molar-refractivity contribution in [3.63, 3.8) is 0 Å². The summed E-state index contributed by atoms with van der Waals surface area (Å²) in [5, 5.41) is 8.75. The molecule has 0 fully saturated rings. The first kappa shape index (κ1) is 46.5. The van der Waals surface area contributed by atoms with E-state index in [0.29, 0.717) is 25.6 Å². The first-order valence-electron chi connectivity index (χ1n) is 20.9. The van der Waals surface area contributed by atoms with Gasteiger partial charge in [0, 0.05) is 13.0 Å². The van der Waals surface area contributed by atoms with Gasteiger partial charge in [-0.25, -0.2) is 0 Å². The zero-order valence-electron chi connectivity index (χ0n) is 31.8.